The maximum Gasteiger partial charge on any atom is 0.410 e. The van der Waals surface area contributed by atoms with E-state index in [0.717, 1.165) is 0 Å². The summed E-state index contributed by atoms with van der Waals surface area (Å²) in [5.41, 5.74) is -1.10. The molecular formula is C18H34N2O4S. The number of rotatable bonds is 2. The lowest BCUT2D eigenvalue weighted by Crippen LogP contribution is -2.58. The van der Waals surface area contributed by atoms with Crippen LogP contribution in [0, 0.1) is 0 Å². The van der Waals surface area contributed by atoms with Gasteiger partial charge in [0.15, 0.2) is 0 Å². The topological polar surface area (TPSA) is 59.1 Å². The minimum absolute atomic E-state index is 0.163. The van der Waals surface area contributed by atoms with Crippen molar-refractivity contribution in [1.82, 2.24) is 9.80 Å². The number of piperazine rings is 1. The lowest BCUT2D eigenvalue weighted by molar-refractivity contribution is -0.0167. The van der Waals surface area contributed by atoms with Crippen molar-refractivity contribution in [2.24, 2.45) is 0 Å². The molecule has 1 aliphatic rings. The largest absolute Gasteiger partial charge is 0.444 e. The lowest BCUT2D eigenvalue weighted by Gasteiger charge is -2.43. The van der Waals surface area contributed by atoms with Crippen molar-refractivity contribution in [3.63, 3.8) is 0 Å². The van der Waals surface area contributed by atoms with Crippen LogP contribution in [0.5, 0.6) is 0 Å². The molecule has 0 aliphatic carbocycles. The van der Waals surface area contributed by atoms with E-state index in [9.17, 15) is 9.59 Å². The number of carbonyl (C=O) groups excluding carboxylic acids is 2. The molecule has 0 aromatic rings. The smallest absolute Gasteiger partial charge is 0.410 e. The van der Waals surface area contributed by atoms with E-state index in [2.05, 4.69) is 12.6 Å². The van der Waals surface area contributed by atoms with Crippen LogP contribution in [0.3, 0.4) is 0 Å². The van der Waals surface area contributed by atoms with Gasteiger partial charge in [0.05, 0.1) is 6.04 Å². The fraction of sp³-hybridized carbons (Fsp3) is 0.889. The number of hydrogen-bond donors (Lipinski definition) is 1. The fourth-order valence-electron chi connectivity index (χ4n) is 2.66. The van der Waals surface area contributed by atoms with Crippen LogP contribution in [-0.2, 0) is 9.47 Å². The van der Waals surface area contributed by atoms with E-state index in [1.165, 1.54) is 0 Å². The second-order valence-electron chi connectivity index (χ2n) is 9.27. The molecule has 146 valence electrons. The maximum atomic E-state index is 12.6. The summed E-state index contributed by atoms with van der Waals surface area (Å²) in [5.74, 6) is 0. The van der Waals surface area contributed by atoms with Gasteiger partial charge in [-0.25, -0.2) is 9.59 Å². The number of hydrogen-bond acceptors (Lipinski definition) is 5. The molecule has 1 heterocycles. The molecule has 1 aliphatic heterocycles. The van der Waals surface area contributed by atoms with Gasteiger partial charge in [0.1, 0.15) is 11.2 Å². The van der Waals surface area contributed by atoms with Gasteiger partial charge in [-0.05, 0) is 48.0 Å². The van der Waals surface area contributed by atoms with E-state index in [0.29, 0.717) is 26.1 Å². The van der Waals surface area contributed by atoms with E-state index in [4.69, 9.17) is 9.47 Å². The Morgan fingerprint density at radius 2 is 1.40 bits per heavy atom. The third-order valence-electron chi connectivity index (χ3n) is 3.50. The molecule has 1 rings (SSSR count). The molecule has 1 unspecified atom stereocenters. The summed E-state index contributed by atoms with van der Waals surface area (Å²) in [5, 5.41) is 0. The van der Waals surface area contributed by atoms with Crippen molar-refractivity contribution < 1.29 is 19.1 Å². The van der Waals surface area contributed by atoms with Gasteiger partial charge in [-0.2, -0.15) is 12.6 Å². The Balaban J connectivity index is 2.88. The fourth-order valence-corrected chi connectivity index (χ4v) is 2.87. The van der Waals surface area contributed by atoms with Crippen LogP contribution >= 0.6 is 12.6 Å². The Morgan fingerprint density at radius 3 is 1.84 bits per heavy atom. The van der Waals surface area contributed by atoms with Crippen molar-refractivity contribution in [3.8, 4) is 0 Å². The molecule has 0 bridgehead atoms. The number of thiol groups is 1. The number of amides is 2. The normalized spacial score (nSPS) is 19.6. The molecule has 1 atom stereocenters. The monoisotopic (exact) mass is 374 g/mol. The molecule has 25 heavy (non-hydrogen) atoms. The summed E-state index contributed by atoms with van der Waals surface area (Å²) in [6.07, 6.45) is -0.0495. The first-order valence-corrected chi connectivity index (χ1v) is 9.22. The van der Waals surface area contributed by atoms with Crippen LogP contribution in [-0.4, -0.2) is 63.6 Å². The average Bonchev–Trinajstić information content (AvgIpc) is 2.32. The Kier molecular flexibility index (Phi) is 6.70. The average molecular weight is 375 g/mol. The van der Waals surface area contributed by atoms with E-state index >= 15 is 0 Å². The standard InChI is InChI=1S/C18H34N2O4S/c1-16(2,3)23-14(21)19-9-10-20(15(22)24-17(4,5)6)13(12-19)11-18(7,8)25/h13,25H,9-12H2,1-8H3. The third kappa shape index (κ3) is 8.21. The number of carbonyl (C=O) groups is 2. The van der Waals surface area contributed by atoms with Gasteiger partial charge >= 0.3 is 12.2 Å². The second-order valence-corrected chi connectivity index (χ2v) is 10.5. The van der Waals surface area contributed by atoms with Crippen LogP contribution in [0.25, 0.3) is 0 Å². The zero-order valence-electron chi connectivity index (χ0n) is 16.9. The summed E-state index contributed by atoms with van der Waals surface area (Å²) in [4.78, 5) is 28.3. The highest BCUT2D eigenvalue weighted by Gasteiger charge is 2.38. The van der Waals surface area contributed by atoms with Gasteiger partial charge in [-0.15, -0.1) is 0 Å². The predicted octanol–water partition coefficient (Wildman–Crippen LogP) is 3.94. The quantitative estimate of drug-likeness (QED) is 0.744. The molecule has 0 aromatic carbocycles. The summed E-state index contributed by atoms with van der Waals surface area (Å²) >= 11 is 4.60. The van der Waals surface area contributed by atoms with E-state index in [-0.39, 0.29) is 23.0 Å². The Bertz CT molecular complexity index is 489. The van der Waals surface area contributed by atoms with Gasteiger partial charge in [0.2, 0.25) is 0 Å². The summed E-state index contributed by atoms with van der Waals surface area (Å²) < 4.78 is 10.7. The highest BCUT2D eigenvalue weighted by atomic mass is 32.1. The molecule has 1 fully saturated rings. The summed E-state index contributed by atoms with van der Waals surface area (Å²) in [7, 11) is 0. The second kappa shape index (κ2) is 7.64. The number of ether oxygens (including phenoxy) is 2. The SMILES string of the molecule is CC(C)(S)CC1CN(C(=O)OC(C)(C)C)CCN1C(=O)OC(C)(C)C. The van der Waals surface area contributed by atoms with Gasteiger partial charge in [-0.1, -0.05) is 13.8 Å². The van der Waals surface area contributed by atoms with Crippen molar-refractivity contribution >= 4 is 24.8 Å². The first kappa shape index (κ1) is 21.9. The van der Waals surface area contributed by atoms with Gasteiger partial charge in [-0.3, -0.25) is 0 Å². The lowest BCUT2D eigenvalue weighted by atomic mass is 9.99. The molecule has 1 saturated heterocycles. The minimum atomic E-state index is -0.555. The maximum absolute atomic E-state index is 12.6. The summed E-state index contributed by atoms with van der Waals surface area (Å²) in [6.45, 7) is 16.3. The number of nitrogens with zero attached hydrogens (tertiary/aromatic N) is 2. The molecular weight excluding hydrogens is 340 g/mol. The molecule has 7 heteroatoms. The molecule has 0 saturated carbocycles. The van der Waals surface area contributed by atoms with Crippen molar-refractivity contribution in [1.29, 1.82) is 0 Å². The van der Waals surface area contributed by atoms with Crippen molar-refractivity contribution in [2.45, 2.75) is 83.8 Å². The van der Waals surface area contributed by atoms with E-state index < -0.39 is 11.2 Å². The van der Waals surface area contributed by atoms with Crippen molar-refractivity contribution in [2.75, 3.05) is 19.6 Å². The summed E-state index contributed by atoms with van der Waals surface area (Å²) in [6, 6.07) is -0.163. The zero-order chi connectivity index (χ0) is 19.6. The van der Waals surface area contributed by atoms with Crippen LogP contribution in [0.2, 0.25) is 0 Å². The molecule has 6 nitrogen and oxygen atoms in total. The Hall–Kier alpha value is -1.11. The van der Waals surface area contributed by atoms with Crippen LogP contribution in [0.1, 0.15) is 61.8 Å². The van der Waals surface area contributed by atoms with Crippen LogP contribution in [0.4, 0.5) is 9.59 Å². The zero-order valence-corrected chi connectivity index (χ0v) is 17.8. The molecule has 2 amide bonds. The molecule has 0 aromatic heterocycles. The first-order valence-electron chi connectivity index (χ1n) is 8.77. The van der Waals surface area contributed by atoms with E-state index in [1.807, 2.05) is 55.4 Å². The van der Waals surface area contributed by atoms with Crippen LogP contribution in [0.15, 0.2) is 0 Å². The van der Waals surface area contributed by atoms with Gasteiger partial charge in [0.25, 0.3) is 0 Å². The molecule has 0 spiro atoms. The highest BCUT2D eigenvalue weighted by Crippen LogP contribution is 2.26. The van der Waals surface area contributed by atoms with E-state index in [1.54, 1.807) is 9.80 Å². The first-order chi connectivity index (χ1) is 11.1. The van der Waals surface area contributed by atoms with Crippen molar-refractivity contribution in [3.05, 3.63) is 0 Å². The third-order valence-corrected chi connectivity index (χ3v) is 3.68. The highest BCUT2D eigenvalue weighted by molar-refractivity contribution is 7.81. The van der Waals surface area contributed by atoms with Gasteiger partial charge < -0.3 is 19.3 Å². The van der Waals surface area contributed by atoms with Crippen LogP contribution < -0.4 is 0 Å². The van der Waals surface area contributed by atoms with Gasteiger partial charge in [0, 0.05) is 24.4 Å². The minimum Gasteiger partial charge on any atom is -0.444 e. The Labute approximate surface area is 157 Å². The Morgan fingerprint density at radius 1 is 0.920 bits per heavy atom. The predicted molar refractivity (Wildman–Crippen MR) is 102 cm³/mol. The molecule has 0 N–H and O–H groups in total. The molecule has 0 radical (unpaired) electrons.